The van der Waals surface area contributed by atoms with Crippen molar-refractivity contribution in [2.75, 3.05) is 13.1 Å². The molecule has 1 saturated carbocycles. The van der Waals surface area contributed by atoms with Gasteiger partial charge in [-0.15, -0.1) is 12.4 Å². The largest absolute Gasteiger partial charge is 0.342 e. The number of nitrogens with one attached hydrogen (secondary N) is 1. The van der Waals surface area contributed by atoms with Gasteiger partial charge in [0.1, 0.15) is 0 Å². The summed E-state index contributed by atoms with van der Waals surface area (Å²) in [4.78, 5) is 14.7. The van der Waals surface area contributed by atoms with E-state index < -0.39 is 10.0 Å². The molecule has 27 heavy (non-hydrogen) atoms. The molecule has 0 aromatic heterocycles. The van der Waals surface area contributed by atoms with Crippen LogP contribution < -0.4 is 10.5 Å². The first-order chi connectivity index (χ1) is 12.2. The molecule has 1 saturated heterocycles. The van der Waals surface area contributed by atoms with Gasteiger partial charge in [-0.1, -0.05) is 26.0 Å². The van der Waals surface area contributed by atoms with Gasteiger partial charge in [-0.25, -0.2) is 13.1 Å². The van der Waals surface area contributed by atoms with E-state index >= 15 is 0 Å². The molecule has 0 spiro atoms. The number of carbonyl (C=O) groups is 1. The lowest BCUT2D eigenvalue weighted by Gasteiger charge is -2.42. The van der Waals surface area contributed by atoms with Crippen LogP contribution in [-0.2, 0) is 21.2 Å². The summed E-state index contributed by atoms with van der Waals surface area (Å²) in [6.45, 7) is 5.61. The molecule has 0 bridgehead atoms. The third-order valence-corrected chi connectivity index (χ3v) is 6.96. The maximum atomic E-state index is 12.5. The Hall–Kier alpha value is -1.15. The van der Waals surface area contributed by atoms with E-state index in [1.165, 1.54) is 0 Å². The normalized spacial score (nSPS) is 22.2. The average Bonchev–Trinajstić information content (AvgIpc) is 3.38. The van der Waals surface area contributed by atoms with Crippen LogP contribution in [0.3, 0.4) is 0 Å². The van der Waals surface area contributed by atoms with Gasteiger partial charge in [0.25, 0.3) is 0 Å². The van der Waals surface area contributed by atoms with Gasteiger partial charge in [-0.2, -0.15) is 0 Å². The Labute approximate surface area is 168 Å². The van der Waals surface area contributed by atoms with E-state index in [1.54, 1.807) is 24.3 Å². The fourth-order valence-electron chi connectivity index (χ4n) is 3.32. The van der Waals surface area contributed by atoms with Crippen molar-refractivity contribution >= 4 is 28.3 Å². The summed E-state index contributed by atoms with van der Waals surface area (Å²) in [5.74, 6) is 0.136. The van der Waals surface area contributed by atoms with Crippen molar-refractivity contribution in [3.8, 4) is 0 Å². The molecule has 1 aliphatic carbocycles. The number of aryl methyl sites for hydroxylation is 1. The maximum Gasteiger partial charge on any atom is 0.240 e. The molecule has 8 heteroatoms. The lowest BCUT2D eigenvalue weighted by atomic mass is 9.79. The number of benzene rings is 1. The molecule has 152 valence electrons. The molecule has 3 N–H and O–H groups in total. The smallest absolute Gasteiger partial charge is 0.240 e. The topological polar surface area (TPSA) is 92.5 Å². The molecule has 1 amide bonds. The highest BCUT2D eigenvalue weighted by molar-refractivity contribution is 7.89. The number of hydrogen-bond donors (Lipinski definition) is 2. The number of hydrogen-bond acceptors (Lipinski definition) is 4. The summed E-state index contributed by atoms with van der Waals surface area (Å²) in [6, 6.07) is 7.06. The van der Waals surface area contributed by atoms with E-state index in [4.69, 9.17) is 5.73 Å². The van der Waals surface area contributed by atoms with E-state index in [0.717, 1.165) is 24.8 Å². The number of piperidine rings is 1. The van der Waals surface area contributed by atoms with Gasteiger partial charge in [0.05, 0.1) is 4.90 Å². The Morgan fingerprint density at radius 2 is 1.85 bits per heavy atom. The maximum absolute atomic E-state index is 12.5. The Bertz CT molecular complexity index is 761. The summed E-state index contributed by atoms with van der Waals surface area (Å²) < 4.78 is 27.0. The van der Waals surface area contributed by atoms with E-state index in [0.29, 0.717) is 25.9 Å². The Kier molecular flexibility index (Phi) is 6.95. The van der Waals surface area contributed by atoms with Gasteiger partial charge < -0.3 is 10.6 Å². The van der Waals surface area contributed by atoms with Crippen molar-refractivity contribution in [1.29, 1.82) is 0 Å². The van der Waals surface area contributed by atoms with Gasteiger partial charge in [0, 0.05) is 31.6 Å². The minimum Gasteiger partial charge on any atom is -0.342 e. The van der Waals surface area contributed by atoms with Gasteiger partial charge in [-0.05, 0) is 48.8 Å². The zero-order chi connectivity index (χ0) is 18.9. The number of nitrogens with zero attached hydrogens (tertiary/aromatic N) is 1. The Balaban J connectivity index is 0.00000261. The van der Waals surface area contributed by atoms with Crippen LogP contribution in [0.2, 0.25) is 0 Å². The second-order valence-electron chi connectivity index (χ2n) is 8.24. The van der Waals surface area contributed by atoms with Crippen LogP contribution in [0.15, 0.2) is 29.2 Å². The Morgan fingerprint density at radius 3 is 2.41 bits per heavy atom. The van der Waals surface area contributed by atoms with Gasteiger partial charge in [0.2, 0.25) is 15.9 Å². The van der Waals surface area contributed by atoms with Crippen LogP contribution in [0, 0.1) is 5.41 Å². The number of likely N-dealkylation sites (tertiary alicyclic amines) is 1. The lowest BCUT2D eigenvalue weighted by molar-refractivity contribution is -0.134. The first-order valence-electron chi connectivity index (χ1n) is 9.32. The van der Waals surface area contributed by atoms with E-state index in [2.05, 4.69) is 18.6 Å². The fourth-order valence-corrected chi connectivity index (χ4v) is 4.63. The number of halogens is 1. The standard InChI is InChI=1S/C19H29N3O3S.ClH/c1-19(2)13-22(12-11-17(19)20)18(23)10-5-14-3-8-16(9-4-14)26(24,25)21-15-6-7-15;/h3-4,8-9,15,17,21H,5-7,10-13,20H2,1-2H3;1H. The fraction of sp³-hybridized carbons (Fsp3) is 0.632. The van der Waals surface area contributed by atoms with Crippen LogP contribution in [0.5, 0.6) is 0 Å². The van der Waals surface area contributed by atoms with E-state index in [-0.39, 0.29) is 40.7 Å². The van der Waals surface area contributed by atoms with Gasteiger partial charge in [0.15, 0.2) is 0 Å². The van der Waals surface area contributed by atoms with Crippen molar-refractivity contribution < 1.29 is 13.2 Å². The SMILES string of the molecule is CC1(C)CN(C(=O)CCc2ccc(S(=O)(=O)NC3CC3)cc2)CCC1N.Cl. The summed E-state index contributed by atoms with van der Waals surface area (Å²) in [5, 5.41) is 0. The van der Waals surface area contributed by atoms with Crippen molar-refractivity contribution in [1.82, 2.24) is 9.62 Å². The molecule has 2 fully saturated rings. The highest BCUT2D eigenvalue weighted by atomic mass is 35.5. The zero-order valence-electron chi connectivity index (χ0n) is 16.0. The summed E-state index contributed by atoms with van der Waals surface area (Å²) in [6.07, 6.45) is 3.70. The predicted octanol–water partition coefficient (Wildman–Crippen LogP) is 2.07. The third kappa shape index (κ3) is 5.67. The minimum absolute atomic E-state index is 0. The van der Waals surface area contributed by atoms with Crippen LogP contribution >= 0.6 is 12.4 Å². The second kappa shape index (κ2) is 8.47. The monoisotopic (exact) mass is 415 g/mol. The second-order valence-corrected chi connectivity index (χ2v) is 9.95. The minimum atomic E-state index is -3.42. The first kappa shape index (κ1) is 22.1. The highest BCUT2D eigenvalue weighted by Crippen LogP contribution is 2.28. The van der Waals surface area contributed by atoms with Crippen molar-refractivity contribution in [3.05, 3.63) is 29.8 Å². The molecule has 2 aliphatic rings. The van der Waals surface area contributed by atoms with Crippen molar-refractivity contribution in [2.45, 2.75) is 62.9 Å². The number of nitrogens with two attached hydrogens (primary N) is 1. The number of sulfonamides is 1. The highest BCUT2D eigenvalue weighted by Gasteiger charge is 2.35. The molecule has 1 aliphatic heterocycles. The Morgan fingerprint density at radius 1 is 1.22 bits per heavy atom. The molecule has 3 rings (SSSR count). The van der Waals surface area contributed by atoms with Crippen LogP contribution in [0.1, 0.15) is 45.1 Å². The quantitative estimate of drug-likeness (QED) is 0.743. The average molecular weight is 416 g/mol. The predicted molar refractivity (Wildman–Crippen MR) is 108 cm³/mol. The van der Waals surface area contributed by atoms with Crippen LogP contribution in [0.25, 0.3) is 0 Å². The molecular weight excluding hydrogens is 386 g/mol. The number of carbonyl (C=O) groups excluding carboxylic acids is 1. The van der Waals surface area contributed by atoms with Crippen LogP contribution in [-0.4, -0.2) is 44.4 Å². The van der Waals surface area contributed by atoms with Crippen molar-refractivity contribution in [2.24, 2.45) is 11.1 Å². The summed E-state index contributed by atoms with van der Waals surface area (Å²) in [5.41, 5.74) is 7.04. The summed E-state index contributed by atoms with van der Waals surface area (Å²) >= 11 is 0. The lowest BCUT2D eigenvalue weighted by Crippen LogP contribution is -2.54. The zero-order valence-corrected chi connectivity index (χ0v) is 17.6. The number of rotatable bonds is 6. The molecule has 1 aromatic rings. The molecule has 1 atom stereocenters. The van der Waals surface area contributed by atoms with Crippen LogP contribution in [0.4, 0.5) is 0 Å². The molecule has 0 radical (unpaired) electrons. The van der Waals surface area contributed by atoms with E-state index in [9.17, 15) is 13.2 Å². The van der Waals surface area contributed by atoms with Gasteiger partial charge >= 0.3 is 0 Å². The molecule has 6 nitrogen and oxygen atoms in total. The first-order valence-corrected chi connectivity index (χ1v) is 10.8. The summed E-state index contributed by atoms with van der Waals surface area (Å²) in [7, 11) is -3.42. The van der Waals surface area contributed by atoms with Crippen molar-refractivity contribution in [3.63, 3.8) is 0 Å². The molecular formula is C19H30ClN3O3S. The third-order valence-electron chi connectivity index (χ3n) is 5.43. The molecule has 1 aromatic carbocycles. The van der Waals surface area contributed by atoms with Gasteiger partial charge in [-0.3, -0.25) is 4.79 Å². The molecule has 1 heterocycles. The number of amides is 1. The van der Waals surface area contributed by atoms with E-state index in [1.807, 2.05) is 4.90 Å². The molecule has 1 unspecified atom stereocenters.